The molecule has 2 aliphatic heterocycles. The molecule has 0 bridgehead atoms. The average molecular weight is 327 g/mol. The van der Waals surface area contributed by atoms with E-state index in [-0.39, 0.29) is 5.82 Å². The summed E-state index contributed by atoms with van der Waals surface area (Å²) in [5, 5.41) is 8.60. The van der Waals surface area contributed by atoms with Crippen LogP contribution in [-0.4, -0.2) is 29.3 Å². The topological polar surface area (TPSA) is 79.6 Å². The van der Waals surface area contributed by atoms with Crippen molar-refractivity contribution in [2.45, 2.75) is 25.7 Å². The molecule has 0 unspecified atom stereocenters. The van der Waals surface area contributed by atoms with Crippen molar-refractivity contribution >= 4 is 39.3 Å². The van der Waals surface area contributed by atoms with E-state index in [2.05, 4.69) is 25.9 Å². The third-order valence-electron chi connectivity index (χ3n) is 4.32. The summed E-state index contributed by atoms with van der Waals surface area (Å²) in [5.74, 6) is 1.37. The summed E-state index contributed by atoms with van der Waals surface area (Å²) < 4.78 is 0.782. The number of nitroso groups, excluding NO2 is 1. The maximum absolute atomic E-state index is 11.2. The quantitative estimate of drug-likeness (QED) is 0.872. The van der Waals surface area contributed by atoms with Crippen LogP contribution in [0.15, 0.2) is 21.6 Å². The van der Waals surface area contributed by atoms with Crippen molar-refractivity contribution in [3.63, 3.8) is 0 Å². The molecule has 0 amide bonds. The fourth-order valence-corrected chi connectivity index (χ4v) is 4.08. The van der Waals surface area contributed by atoms with Gasteiger partial charge < -0.3 is 5.32 Å². The van der Waals surface area contributed by atoms with E-state index in [0.717, 1.165) is 48.3 Å². The van der Waals surface area contributed by atoms with Gasteiger partial charge in [-0.05, 0) is 60.8 Å². The number of nitrogens with one attached hydrogen (secondary N) is 1. The molecule has 1 saturated heterocycles. The maximum atomic E-state index is 11.2. The molecule has 0 radical (unpaired) electrons. The molecule has 2 aliphatic rings. The smallest absolute Gasteiger partial charge is 0.218 e. The maximum Gasteiger partial charge on any atom is 0.218 e. The molecular weight excluding hydrogens is 310 g/mol. The van der Waals surface area contributed by atoms with Crippen molar-refractivity contribution in [2.75, 3.05) is 13.1 Å². The zero-order valence-electron chi connectivity index (χ0n) is 12.7. The van der Waals surface area contributed by atoms with Gasteiger partial charge in [0.1, 0.15) is 10.4 Å². The first-order valence-electron chi connectivity index (χ1n) is 7.90. The van der Waals surface area contributed by atoms with Crippen LogP contribution < -0.4 is 5.32 Å². The normalized spacial score (nSPS) is 20.9. The fraction of sp³-hybridized carbons (Fsp3) is 0.438. The lowest BCUT2D eigenvalue weighted by molar-refractivity contribution is 0.582. The second kappa shape index (κ2) is 6.25. The highest BCUT2D eigenvalue weighted by molar-refractivity contribution is 7.17. The summed E-state index contributed by atoms with van der Waals surface area (Å²) in [7, 11) is 0. The van der Waals surface area contributed by atoms with Crippen molar-refractivity contribution in [1.29, 1.82) is 0 Å². The van der Waals surface area contributed by atoms with Crippen molar-refractivity contribution in [2.24, 2.45) is 16.1 Å². The summed E-state index contributed by atoms with van der Waals surface area (Å²) >= 11 is 1.51. The number of hydrogen-bond donors (Lipinski definition) is 1. The van der Waals surface area contributed by atoms with Crippen LogP contribution in [0.5, 0.6) is 0 Å². The van der Waals surface area contributed by atoms with Gasteiger partial charge in [-0.1, -0.05) is 6.08 Å². The second-order valence-corrected chi connectivity index (χ2v) is 6.82. The van der Waals surface area contributed by atoms with Gasteiger partial charge in [0.25, 0.3) is 0 Å². The molecule has 2 aromatic rings. The lowest BCUT2D eigenvalue weighted by Crippen LogP contribution is -2.10. The van der Waals surface area contributed by atoms with E-state index >= 15 is 0 Å². The van der Waals surface area contributed by atoms with Gasteiger partial charge in [0, 0.05) is 6.21 Å². The van der Waals surface area contributed by atoms with Gasteiger partial charge >= 0.3 is 0 Å². The first-order chi connectivity index (χ1) is 11.3. The Hall–Kier alpha value is -1.99. The molecule has 1 atom stereocenters. The minimum absolute atomic E-state index is 0.229. The average Bonchev–Trinajstić information content (AvgIpc) is 3.25. The molecule has 0 spiro atoms. The molecule has 1 fully saturated rings. The molecule has 118 valence electrons. The van der Waals surface area contributed by atoms with Gasteiger partial charge in [0.15, 0.2) is 5.82 Å². The third kappa shape index (κ3) is 2.82. The van der Waals surface area contributed by atoms with E-state index in [9.17, 15) is 4.91 Å². The van der Waals surface area contributed by atoms with Crippen molar-refractivity contribution < 1.29 is 0 Å². The van der Waals surface area contributed by atoms with E-state index < -0.39 is 0 Å². The zero-order valence-corrected chi connectivity index (χ0v) is 13.5. The Morgan fingerprint density at radius 1 is 1.35 bits per heavy atom. The molecule has 4 rings (SSSR count). The Morgan fingerprint density at radius 2 is 2.30 bits per heavy atom. The van der Waals surface area contributed by atoms with Gasteiger partial charge in [-0.3, -0.25) is 4.99 Å². The predicted molar refractivity (Wildman–Crippen MR) is 93.3 cm³/mol. The SMILES string of the molecule is O=Nc1nc(C2=CCCC=N2)nc2c(C[C@@H]3CCNC3)csc12. The lowest BCUT2D eigenvalue weighted by atomic mass is 10.00. The Balaban J connectivity index is 1.78. The Bertz CT molecular complexity index is 804. The number of thiophene rings is 1. The molecule has 1 N–H and O–H groups in total. The highest BCUT2D eigenvalue weighted by Gasteiger charge is 2.20. The monoisotopic (exact) mass is 327 g/mol. The highest BCUT2D eigenvalue weighted by atomic mass is 32.1. The summed E-state index contributed by atoms with van der Waals surface area (Å²) in [6.07, 6.45) is 7.91. The second-order valence-electron chi connectivity index (χ2n) is 5.94. The van der Waals surface area contributed by atoms with Crippen molar-refractivity contribution in [3.8, 4) is 0 Å². The Kier molecular flexibility index (Phi) is 3.97. The van der Waals surface area contributed by atoms with Crippen LogP contribution in [0.2, 0.25) is 0 Å². The van der Waals surface area contributed by atoms with Crippen molar-refractivity contribution in [1.82, 2.24) is 15.3 Å². The zero-order chi connectivity index (χ0) is 15.6. The molecular formula is C16H17N5OS. The summed E-state index contributed by atoms with van der Waals surface area (Å²) in [6, 6.07) is 0. The third-order valence-corrected chi connectivity index (χ3v) is 5.34. The number of aromatic nitrogens is 2. The minimum atomic E-state index is 0.229. The van der Waals surface area contributed by atoms with Crippen LogP contribution in [0.25, 0.3) is 15.9 Å². The van der Waals surface area contributed by atoms with Gasteiger partial charge in [-0.15, -0.1) is 16.2 Å². The van der Waals surface area contributed by atoms with Gasteiger partial charge in [-0.2, -0.15) is 0 Å². The Morgan fingerprint density at radius 3 is 3.04 bits per heavy atom. The van der Waals surface area contributed by atoms with Gasteiger partial charge in [0.05, 0.1) is 5.52 Å². The van der Waals surface area contributed by atoms with E-state index in [4.69, 9.17) is 4.98 Å². The first-order valence-corrected chi connectivity index (χ1v) is 8.78. The summed E-state index contributed by atoms with van der Waals surface area (Å²) in [6.45, 7) is 2.12. The molecule has 23 heavy (non-hydrogen) atoms. The molecule has 2 aromatic heterocycles. The van der Waals surface area contributed by atoms with Crippen LogP contribution >= 0.6 is 11.3 Å². The van der Waals surface area contributed by atoms with Crippen LogP contribution in [-0.2, 0) is 6.42 Å². The van der Waals surface area contributed by atoms with Crippen LogP contribution in [0, 0.1) is 10.8 Å². The largest absolute Gasteiger partial charge is 0.316 e. The number of fused-ring (bicyclic) bond motifs is 1. The van der Waals surface area contributed by atoms with Crippen LogP contribution in [0.4, 0.5) is 5.82 Å². The highest BCUT2D eigenvalue weighted by Crippen LogP contribution is 2.34. The molecule has 0 aromatic carbocycles. The van der Waals surface area contributed by atoms with Crippen molar-refractivity contribution in [3.05, 3.63) is 27.8 Å². The summed E-state index contributed by atoms with van der Waals surface area (Å²) in [4.78, 5) is 24.6. The van der Waals surface area contributed by atoms with E-state index in [1.807, 2.05) is 12.3 Å². The first kappa shape index (κ1) is 14.6. The fourth-order valence-electron chi connectivity index (χ4n) is 3.13. The Labute approximate surface area is 137 Å². The molecule has 6 nitrogen and oxygen atoms in total. The number of nitrogens with zero attached hydrogens (tertiary/aromatic N) is 4. The molecule has 0 aliphatic carbocycles. The number of hydrogen-bond acceptors (Lipinski definition) is 7. The standard InChI is InChI=1S/C16H17N5OS/c22-21-16-14-13(11(9-23-14)7-10-4-6-17-8-10)19-15(20-16)12-3-1-2-5-18-12/h3,5,9-10,17H,1-2,4,6-8H2/t10-/m0/s1. The van der Waals surface area contributed by atoms with Gasteiger partial charge in [-0.25, -0.2) is 9.97 Å². The van der Waals surface area contributed by atoms with E-state index in [1.54, 1.807) is 0 Å². The number of aliphatic imine (C=N–C) groups is 1. The predicted octanol–water partition coefficient (Wildman–Crippen LogP) is 3.45. The molecule has 0 saturated carbocycles. The molecule has 4 heterocycles. The number of allylic oxidation sites excluding steroid dienone is 1. The lowest BCUT2D eigenvalue weighted by Gasteiger charge is -2.08. The minimum Gasteiger partial charge on any atom is -0.316 e. The van der Waals surface area contributed by atoms with Gasteiger partial charge in [0.2, 0.25) is 5.82 Å². The summed E-state index contributed by atoms with van der Waals surface area (Å²) in [5.41, 5.74) is 2.79. The number of rotatable bonds is 4. The molecule has 7 heteroatoms. The van der Waals surface area contributed by atoms with Crippen LogP contribution in [0.3, 0.4) is 0 Å². The van der Waals surface area contributed by atoms with E-state index in [1.165, 1.54) is 23.3 Å². The van der Waals surface area contributed by atoms with Crippen LogP contribution in [0.1, 0.15) is 30.7 Å². The van der Waals surface area contributed by atoms with E-state index in [0.29, 0.717) is 11.7 Å².